The molecule has 0 aliphatic carbocycles. The number of sulfonamides is 1. The Bertz CT molecular complexity index is 1140. The van der Waals surface area contributed by atoms with Crippen LogP contribution >= 0.6 is 0 Å². The molecular formula is C20H20N2O5S. The minimum Gasteiger partial charge on any atom is -0.465 e. The fourth-order valence-corrected chi connectivity index (χ4v) is 4.38. The number of hydrogen-bond acceptors (Lipinski definition) is 5. The van der Waals surface area contributed by atoms with Crippen molar-refractivity contribution in [3.05, 3.63) is 66.4 Å². The van der Waals surface area contributed by atoms with Crippen molar-refractivity contribution in [3.63, 3.8) is 0 Å². The van der Waals surface area contributed by atoms with Gasteiger partial charge in [0.05, 0.1) is 30.1 Å². The van der Waals surface area contributed by atoms with E-state index < -0.39 is 27.9 Å². The number of aromatic nitrogens is 1. The molecule has 0 bridgehead atoms. The van der Waals surface area contributed by atoms with Crippen LogP contribution in [0.5, 0.6) is 0 Å². The van der Waals surface area contributed by atoms with Crippen LogP contribution in [0.4, 0.5) is 5.69 Å². The molecule has 0 spiro atoms. The predicted molar refractivity (Wildman–Crippen MR) is 107 cm³/mol. The monoisotopic (exact) mass is 400 g/mol. The van der Waals surface area contributed by atoms with Crippen LogP contribution in [0.2, 0.25) is 0 Å². The maximum absolute atomic E-state index is 13.2. The molecule has 3 rings (SSSR count). The van der Waals surface area contributed by atoms with Gasteiger partial charge in [-0.05, 0) is 25.1 Å². The van der Waals surface area contributed by atoms with E-state index in [2.05, 4.69) is 0 Å². The van der Waals surface area contributed by atoms with Gasteiger partial charge in [-0.3, -0.25) is 13.7 Å². The first-order chi connectivity index (χ1) is 13.3. The number of hydrogen-bond donors (Lipinski definition) is 0. The molecule has 0 saturated carbocycles. The minimum absolute atomic E-state index is 0.240. The summed E-state index contributed by atoms with van der Waals surface area (Å²) >= 11 is 0. The molecule has 0 saturated heterocycles. The molecule has 1 heterocycles. The predicted octanol–water partition coefficient (Wildman–Crippen LogP) is 2.92. The van der Waals surface area contributed by atoms with Crippen LogP contribution in [0.1, 0.15) is 22.1 Å². The molecule has 2 aromatic carbocycles. The second kappa shape index (κ2) is 7.47. The Labute approximate surface area is 163 Å². The van der Waals surface area contributed by atoms with Crippen LogP contribution in [0.3, 0.4) is 0 Å². The molecule has 0 aliphatic rings. The molecule has 7 nitrogen and oxygen atoms in total. The van der Waals surface area contributed by atoms with Gasteiger partial charge in [0.2, 0.25) is 10.0 Å². The third-order valence-electron chi connectivity index (χ3n) is 4.43. The van der Waals surface area contributed by atoms with Crippen molar-refractivity contribution in [2.24, 2.45) is 0 Å². The van der Waals surface area contributed by atoms with Gasteiger partial charge in [0, 0.05) is 11.6 Å². The van der Waals surface area contributed by atoms with E-state index in [0.29, 0.717) is 16.6 Å². The molecule has 0 N–H and O–H groups in total. The third kappa shape index (κ3) is 3.50. The summed E-state index contributed by atoms with van der Waals surface area (Å²) in [5.74, 6) is -1.06. The zero-order valence-corrected chi connectivity index (χ0v) is 16.5. The summed E-state index contributed by atoms with van der Waals surface area (Å²) in [5.41, 5.74) is 1.13. The number of methoxy groups -OCH3 is 1. The fraction of sp³-hybridized carbons (Fsp3) is 0.200. The van der Waals surface area contributed by atoms with Gasteiger partial charge in [-0.25, -0.2) is 13.2 Å². The topological polar surface area (TPSA) is 85.7 Å². The number of nitrogens with zero attached hydrogens (tertiary/aromatic N) is 2. The van der Waals surface area contributed by atoms with Gasteiger partial charge < -0.3 is 4.74 Å². The SMILES string of the molecule is COC(=O)c1cn(C(=O)C(C)N(c2ccccc2)S(C)(=O)=O)c2ccccc12. The second-order valence-electron chi connectivity index (χ2n) is 6.33. The van der Waals surface area contributed by atoms with Crippen molar-refractivity contribution in [1.29, 1.82) is 0 Å². The van der Waals surface area contributed by atoms with E-state index in [1.54, 1.807) is 54.6 Å². The molecular weight excluding hydrogens is 380 g/mol. The highest BCUT2D eigenvalue weighted by Crippen LogP contribution is 2.25. The highest BCUT2D eigenvalue weighted by atomic mass is 32.2. The first-order valence-corrected chi connectivity index (χ1v) is 10.4. The molecule has 8 heteroatoms. The van der Waals surface area contributed by atoms with E-state index in [0.717, 1.165) is 10.6 Å². The Kier molecular flexibility index (Phi) is 5.24. The van der Waals surface area contributed by atoms with Crippen molar-refractivity contribution in [3.8, 4) is 0 Å². The van der Waals surface area contributed by atoms with Gasteiger partial charge in [-0.2, -0.15) is 0 Å². The van der Waals surface area contributed by atoms with Crippen LogP contribution < -0.4 is 4.31 Å². The summed E-state index contributed by atoms with van der Waals surface area (Å²) < 4.78 is 32.0. The second-order valence-corrected chi connectivity index (χ2v) is 8.19. The number of rotatable bonds is 5. The van der Waals surface area contributed by atoms with Crippen LogP contribution in [-0.2, 0) is 14.8 Å². The van der Waals surface area contributed by atoms with E-state index >= 15 is 0 Å². The van der Waals surface area contributed by atoms with Crippen molar-refractivity contribution < 1.29 is 22.7 Å². The highest BCUT2D eigenvalue weighted by molar-refractivity contribution is 7.92. The number of benzene rings is 2. The number of fused-ring (bicyclic) bond motifs is 1. The number of anilines is 1. The summed E-state index contributed by atoms with van der Waals surface area (Å²) in [7, 11) is -2.47. The van der Waals surface area contributed by atoms with E-state index in [1.807, 2.05) is 0 Å². The third-order valence-corrected chi connectivity index (χ3v) is 5.67. The van der Waals surface area contributed by atoms with Crippen LogP contribution in [0.15, 0.2) is 60.8 Å². The van der Waals surface area contributed by atoms with Gasteiger partial charge in [-0.15, -0.1) is 0 Å². The number of esters is 1. The van der Waals surface area contributed by atoms with Crippen molar-refractivity contribution >= 4 is 38.5 Å². The lowest BCUT2D eigenvalue weighted by molar-refractivity contribution is 0.0603. The maximum Gasteiger partial charge on any atom is 0.340 e. The Morgan fingerprint density at radius 2 is 1.64 bits per heavy atom. The van der Waals surface area contributed by atoms with Gasteiger partial charge >= 0.3 is 5.97 Å². The lowest BCUT2D eigenvalue weighted by Gasteiger charge is -2.28. The van der Waals surface area contributed by atoms with Gasteiger partial charge in [0.25, 0.3) is 5.91 Å². The first-order valence-electron chi connectivity index (χ1n) is 8.52. The molecule has 28 heavy (non-hydrogen) atoms. The van der Waals surface area contributed by atoms with Crippen molar-refractivity contribution in [2.45, 2.75) is 13.0 Å². The van der Waals surface area contributed by atoms with Crippen molar-refractivity contribution in [1.82, 2.24) is 4.57 Å². The highest BCUT2D eigenvalue weighted by Gasteiger charge is 2.31. The number of ether oxygens (including phenoxy) is 1. The summed E-state index contributed by atoms with van der Waals surface area (Å²) in [4.78, 5) is 25.3. The summed E-state index contributed by atoms with van der Waals surface area (Å²) in [6, 6.07) is 14.3. The fourth-order valence-electron chi connectivity index (χ4n) is 3.21. The first kappa shape index (κ1) is 19.6. The normalized spacial score (nSPS) is 12.5. The lowest BCUT2D eigenvalue weighted by atomic mass is 10.2. The molecule has 0 radical (unpaired) electrons. The molecule has 0 fully saturated rings. The summed E-state index contributed by atoms with van der Waals surface area (Å²) in [6.45, 7) is 1.52. The summed E-state index contributed by atoms with van der Waals surface area (Å²) in [5, 5.41) is 0.556. The molecule has 3 aromatic rings. The zero-order chi connectivity index (χ0) is 20.5. The van der Waals surface area contributed by atoms with E-state index in [9.17, 15) is 18.0 Å². The Hall–Kier alpha value is -3.13. The van der Waals surface area contributed by atoms with E-state index in [4.69, 9.17) is 4.74 Å². The molecule has 1 aromatic heterocycles. The molecule has 146 valence electrons. The minimum atomic E-state index is -3.73. The number of para-hydroxylation sites is 2. The van der Waals surface area contributed by atoms with Crippen molar-refractivity contribution in [2.75, 3.05) is 17.7 Å². The molecule has 1 unspecified atom stereocenters. The maximum atomic E-state index is 13.2. The number of carbonyl (C=O) groups is 2. The largest absolute Gasteiger partial charge is 0.465 e. The van der Waals surface area contributed by atoms with Gasteiger partial charge in [0.1, 0.15) is 6.04 Å². The summed E-state index contributed by atoms with van der Waals surface area (Å²) in [6.07, 6.45) is 2.44. The van der Waals surface area contributed by atoms with Crippen LogP contribution in [0, 0.1) is 0 Å². The quantitative estimate of drug-likeness (QED) is 0.615. The van der Waals surface area contributed by atoms with E-state index in [-0.39, 0.29) is 5.56 Å². The van der Waals surface area contributed by atoms with Crippen LogP contribution in [0.25, 0.3) is 10.9 Å². The average molecular weight is 400 g/mol. The Morgan fingerprint density at radius 1 is 1.04 bits per heavy atom. The lowest BCUT2D eigenvalue weighted by Crippen LogP contribution is -2.44. The Morgan fingerprint density at radius 3 is 2.25 bits per heavy atom. The molecule has 0 aliphatic heterocycles. The molecule has 0 amide bonds. The van der Waals surface area contributed by atoms with Gasteiger partial charge in [-0.1, -0.05) is 36.4 Å². The van der Waals surface area contributed by atoms with Crippen LogP contribution in [-0.4, -0.2) is 44.3 Å². The van der Waals surface area contributed by atoms with Gasteiger partial charge in [0.15, 0.2) is 0 Å². The smallest absolute Gasteiger partial charge is 0.340 e. The average Bonchev–Trinajstić information content (AvgIpc) is 3.06. The molecule has 1 atom stereocenters. The van der Waals surface area contributed by atoms with E-state index in [1.165, 1.54) is 24.8 Å². The standard InChI is InChI=1S/C20H20N2O5S/c1-14(22(28(3,25)26)15-9-5-4-6-10-15)19(23)21-13-17(20(24)27-2)16-11-7-8-12-18(16)21/h4-14H,1-3H3. The Balaban J connectivity index is 2.12. The number of carbonyl (C=O) groups excluding carboxylic acids is 2. The zero-order valence-electron chi connectivity index (χ0n) is 15.7.